The van der Waals surface area contributed by atoms with Gasteiger partial charge in [0, 0.05) is 44.1 Å². The predicted octanol–water partition coefficient (Wildman–Crippen LogP) is 14.0. The molecule has 4 aromatic heterocycles. The first kappa shape index (κ1) is 33.5. The molecule has 0 saturated carbocycles. The van der Waals surface area contributed by atoms with E-state index in [-0.39, 0.29) is 0 Å². The normalized spacial score (nSPS) is 11.9. The van der Waals surface area contributed by atoms with Crippen molar-refractivity contribution in [2.45, 2.75) is 0 Å². The van der Waals surface area contributed by atoms with E-state index in [0.717, 1.165) is 93.4 Å². The molecule has 0 aliphatic carbocycles. The van der Waals surface area contributed by atoms with E-state index in [1.165, 1.54) is 5.39 Å². The number of benzene rings is 9. The topological polar surface area (TPSA) is 82.8 Å². The van der Waals surface area contributed by atoms with Gasteiger partial charge in [0.25, 0.3) is 0 Å². The van der Waals surface area contributed by atoms with Crippen molar-refractivity contribution in [3.63, 3.8) is 0 Å². The Balaban J connectivity index is 1.06. The second kappa shape index (κ2) is 13.0. The first-order chi connectivity index (χ1) is 30.2. The number of hydrogen-bond acceptors (Lipinski definition) is 6. The van der Waals surface area contributed by atoms with Crippen molar-refractivity contribution in [1.82, 2.24) is 24.5 Å². The summed E-state index contributed by atoms with van der Waals surface area (Å²) in [4.78, 5) is 20.9. The van der Waals surface area contributed by atoms with E-state index in [1.807, 2.05) is 48.5 Å². The summed E-state index contributed by atoms with van der Waals surface area (Å²) >= 11 is 0. The van der Waals surface area contributed by atoms with Crippen molar-refractivity contribution >= 4 is 76.4 Å². The zero-order valence-electron chi connectivity index (χ0n) is 32.5. The van der Waals surface area contributed by atoms with Crippen LogP contribution < -0.4 is 0 Å². The summed E-state index contributed by atoms with van der Waals surface area (Å²) < 4.78 is 15.1. The van der Waals surface area contributed by atoms with E-state index >= 15 is 0 Å². The van der Waals surface area contributed by atoms with Crippen molar-refractivity contribution in [3.05, 3.63) is 188 Å². The van der Waals surface area contributed by atoms with Gasteiger partial charge in [-0.1, -0.05) is 127 Å². The molecule has 0 amide bonds. The number of aromatic nitrogens is 5. The summed E-state index contributed by atoms with van der Waals surface area (Å²) in [5.74, 6) is 2.33. The number of oxazole rings is 1. The zero-order chi connectivity index (χ0) is 40.0. The molecule has 0 unspecified atom stereocenters. The highest BCUT2D eigenvalue weighted by Crippen LogP contribution is 2.41. The molecule has 4 heterocycles. The van der Waals surface area contributed by atoms with Gasteiger partial charge in [0.2, 0.25) is 5.89 Å². The fourth-order valence-corrected chi connectivity index (χ4v) is 9.05. The largest absolute Gasteiger partial charge is 0.456 e. The average molecular weight is 782 g/mol. The van der Waals surface area contributed by atoms with Gasteiger partial charge in [-0.15, -0.1) is 0 Å². The fourth-order valence-electron chi connectivity index (χ4n) is 9.05. The molecule has 0 atom stereocenters. The molecule has 0 saturated heterocycles. The second-order valence-electron chi connectivity index (χ2n) is 15.4. The van der Waals surface area contributed by atoms with Crippen LogP contribution in [0.4, 0.5) is 0 Å². The molecule has 9 aromatic carbocycles. The van der Waals surface area contributed by atoms with Gasteiger partial charge in [0.05, 0.1) is 16.4 Å². The molecule has 0 fully saturated rings. The Hall–Kier alpha value is -8.42. The van der Waals surface area contributed by atoms with E-state index < -0.39 is 0 Å². The molecule has 0 aliphatic heterocycles. The second-order valence-corrected chi connectivity index (χ2v) is 15.4. The van der Waals surface area contributed by atoms with Crippen LogP contribution in [0.3, 0.4) is 0 Å². The Bertz CT molecular complexity index is 3880. The molecule has 13 rings (SSSR count). The maximum atomic E-state index is 6.50. The molecule has 61 heavy (non-hydrogen) atoms. The van der Waals surface area contributed by atoms with Crippen molar-refractivity contribution in [1.29, 1.82) is 0 Å². The van der Waals surface area contributed by atoms with Gasteiger partial charge in [0.15, 0.2) is 23.1 Å². The van der Waals surface area contributed by atoms with E-state index in [9.17, 15) is 0 Å². The minimum absolute atomic E-state index is 0.569. The molecule has 0 bridgehead atoms. The average Bonchev–Trinajstić information content (AvgIpc) is 4.02. The molecule has 13 aromatic rings. The van der Waals surface area contributed by atoms with Crippen molar-refractivity contribution in [2.24, 2.45) is 0 Å². The number of rotatable bonds is 5. The van der Waals surface area contributed by atoms with Gasteiger partial charge in [-0.3, -0.25) is 0 Å². The van der Waals surface area contributed by atoms with Crippen LogP contribution in [0.1, 0.15) is 0 Å². The van der Waals surface area contributed by atoms with Crippen LogP contribution >= 0.6 is 0 Å². The van der Waals surface area contributed by atoms with E-state index in [1.54, 1.807) is 0 Å². The van der Waals surface area contributed by atoms with Gasteiger partial charge < -0.3 is 13.4 Å². The number of fused-ring (bicyclic) bond motifs is 10. The molecule has 284 valence electrons. The number of furan rings is 1. The Morgan fingerprint density at radius 3 is 1.85 bits per heavy atom. The summed E-state index contributed by atoms with van der Waals surface area (Å²) in [6, 6.07) is 64.7. The first-order valence-electron chi connectivity index (χ1n) is 20.3. The molecular formula is C54H31N5O2. The number of nitrogens with zero attached hydrogens (tertiary/aromatic N) is 5. The maximum Gasteiger partial charge on any atom is 0.227 e. The summed E-state index contributed by atoms with van der Waals surface area (Å²) in [7, 11) is 0. The minimum Gasteiger partial charge on any atom is -0.456 e. The highest BCUT2D eigenvalue weighted by molar-refractivity contribution is 6.20. The van der Waals surface area contributed by atoms with Crippen LogP contribution in [0.2, 0.25) is 0 Å². The Labute approximate surface area is 347 Å². The van der Waals surface area contributed by atoms with Gasteiger partial charge >= 0.3 is 0 Å². The fraction of sp³-hybridized carbons (Fsp3) is 0. The van der Waals surface area contributed by atoms with Gasteiger partial charge in [0.1, 0.15) is 16.7 Å². The summed E-state index contributed by atoms with van der Waals surface area (Å²) in [6.45, 7) is 0. The zero-order valence-corrected chi connectivity index (χ0v) is 32.5. The van der Waals surface area contributed by atoms with Crippen molar-refractivity contribution in [3.8, 4) is 51.3 Å². The third-order valence-corrected chi connectivity index (χ3v) is 11.9. The number of para-hydroxylation sites is 2. The van der Waals surface area contributed by atoms with Crippen LogP contribution in [-0.2, 0) is 0 Å². The van der Waals surface area contributed by atoms with Crippen molar-refractivity contribution in [2.75, 3.05) is 0 Å². The van der Waals surface area contributed by atoms with Gasteiger partial charge in [-0.25, -0.2) is 19.9 Å². The van der Waals surface area contributed by atoms with Crippen LogP contribution in [0, 0.1) is 0 Å². The summed E-state index contributed by atoms with van der Waals surface area (Å²) in [5, 5.41) is 8.38. The Kier molecular flexibility index (Phi) is 7.17. The third-order valence-electron chi connectivity index (χ3n) is 11.9. The van der Waals surface area contributed by atoms with Crippen LogP contribution in [0.15, 0.2) is 197 Å². The highest BCUT2D eigenvalue weighted by atomic mass is 16.4. The van der Waals surface area contributed by atoms with Gasteiger partial charge in [-0.2, -0.15) is 0 Å². The Morgan fingerprint density at radius 2 is 1.02 bits per heavy atom. The lowest BCUT2D eigenvalue weighted by atomic mass is 10.00. The molecule has 0 aliphatic rings. The van der Waals surface area contributed by atoms with Crippen LogP contribution in [0.25, 0.3) is 128 Å². The monoisotopic (exact) mass is 781 g/mol. The lowest BCUT2D eigenvalue weighted by Gasteiger charge is -2.12. The summed E-state index contributed by atoms with van der Waals surface area (Å²) in [5.41, 5.74) is 9.92. The predicted molar refractivity (Wildman–Crippen MR) is 246 cm³/mol. The lowest BCUT2D eigenvalue weighted by Crippen LogP contribution is -2.01. The molecule has 0 radical (unpaired) electrons. The van der Waals surface area contributed by atoms with E-state index in [2.05, 4.69) is 144 Å². The van der Waals surface area contributed by atoms with Gasteiger partial charge in [-0.05, 0) is 82.2 Å². The van der Waals surface area contributed by atoms with Crippen LogP contribution in [0.5, 0.6) is 0 Å². The maximum absolute atomic E-state index is 6.50. The Morgan fingerprint density at radius 1 is 0.361 bits per heavy atom. The van der Waals surface area contributed by atoms with Crippen LogP contribution in [-0.4, -0.2) is 24.5 Å². The summed E-state index contributed by atoms with van der Waals surface area (Å²) in [6.07, 6.45) is 0. The minimum atomic E-state index is 0.569. The van der Waals surface area contributed by atoms with E-state index in [0.29, 0.717) is 28.9 Å². The molecule has 7 nitrogen and oxygen atoms in total. The quantitative estimate of drug-likeness (QED) is 0.173. The lowest BCUT2D eigenvalue weighted by molar-refractivity contribution is 0.619. The van der Waals surface area contributed by atoms with E-state index in [4.69, 9.17) is 28.8 Å². The van der Waals surface area contributed by atoms with Crippen molar-refractivity contribution < 1.29 is 8.83 Å². The molecule has 0 spiro atoms. The standard InChI is InChI=1S/C54H31N5O2/c1-3-14-33(15-4-1)54-55-50-47(61-54)28-27-46-49(50)43-31-42-34(30-48(43)60-46)17-12-23-41(42)53-57-51(56-52(58-53)40-22-11-16-32-13-7-8-20-37(32)40)35-25-26-39-38-21-9-10-24-44(38)59(45(39)29-35)36-18-5-2-6-19-36/h1-31H. The molecule has 0 N–H and O–H groups in total. The third kappa shape index (κ3) is 5.24. The SMILES string of the molecule is c1ccc(-c2nc3c(ccc4oc5cc6cccc(-c7nc(-c8ccc9c%10ccccc%10n(-c%10ccccc%10)c9c8)nc(-c8cccc9ccccc89)n7)c6cc5c43)o2)cc1. The first-order valence-corrected chi connectivity index (χ1v) is 20.3. The highest BCUT2D eigenvalue weighted by Gasteiger charge is 2.21. The number of hydrogen-bond donors (Lipinski definition) is 0. The molecule has 7 heteroatoms. The molecular weight excluding hydrogens is 751 g/mol. The smallest absolute Gasteiger partial charge is 0.227 e.